The number of nitrogens with two attached hydrogens (primary N) is 1. The molecule has 2 aliphatic rings. The molecule has 3 nitrogen and oxygen atoms in total. The number of nitrogens with zero attached hydrogens (tertiary/aromatic N) is 1. The number of ether oxygens (including phenoxy) is 1. The van der Waals surface area contributed by atoms with Gasteiger partial charge < -0.3 is 10.5 Å². The molecule has 4 heteroatoms. The summed E-state index contributed by atoms with van der Waals surface area (Å²) in [5.74, 6) is -0.0547. The molecule has 0 aromatic rings. The summed E-state index contributed by atoms with van der Waals surface area (Å²) in [6, 6.07) is 2.38. The molecule has 96 valence electrons. The fourth-order valence-corrected chi connectivity index (χ4v) is 3.96. The van der Waals surface area contributed by atoms with Crippen molar-refractivity contribution < 1.29 is 4.74 Å². The van der Waals surface area contributed by atoms with E-state index in [1.54, 1.807) is 0 Å². The van der Waals surface area contributed by atoms with Crippen LogP contribution in [-0.4, -0.2) is 23.6 Å². The number of alkyl halides is 1. The van der Waals surface area contributed by atoms with E-state index in [4.69, 9.17) is 27.3 Å². The monoisotopic (exact) mass is 256 g/mol. The molecule has 2 unspecified atom stereocenters. The summed E-state index contributed by atoms with van der Waals surface area (Å²) >= 11 is 6.13. The lowest BCUT2D eigenvalue weighted by Gasteiger charge is -2.63. The Morgan fingerprint density at radius 2 is 1.82 bits per heavy atom. The highest BCUT2D eigenvalue weighted by Crippen LogP contribution is 2.56. The molecule has 2 aliphatic carbocycles. The van der Waals surface area contributed by atoms with E-state index in [1.165, 1.54) is 0 Å². The molecule has 2 N–H and O–H groups in total. The SMILES string of the molecule is CC1(C)C(N)C(C)(C)C1O[C@@H]1C(Cl)CC1C#N. The Labute approximate surface area is 108 Å². The van der Waals surface area contributed by atoms with Gasteiger partial charge in [0.2, 0.25) is 0 Å². The molecular weight excluding hydrogens is 236 g/mol. The highest BCUT2D eigenvalue weighted by molar-refractivity contribution is 6.21. The van der Waals surface area contributed by atoms with Gasteiger partial charge in [0.1, 0.15) is 0 Å². The van der Waals surface area contributed by atoms with Crippen molar-refractivity contribution in [3.05, 3.63) is 0 Å². The highest BCUT2D eigenvalue weighted by Gasteiger charge is 2.62. The third kappa shape index (κ3) is 1.69. The van der Waals surface area contributed by atoms with Crippen LogP contribution in [0.3, 0.4) is 0 Å². The molecule has 2 saturated carbocycles. The van der Waals surface area contributed by atoms with Gasteiger partial charge in [-0.3, -0.25) is 0 Å². The van der Waals surface area contributed by atoms with Gasteiger partial charge in [-0.1, -0.05) is 27.7 Å². The third-order valence-corrected chi connectivity index (χ3v) is 5.07. The second-order valence-electron chi connectivity index (χ2n) is 6.59. The first-order valence-electron chi connectivity index (χ1n) is 6.17. The molecule has 2 fully saturated rings. The Kier molecular flexibility index (Phi) is 2.97. The second-order valence-corrected chi connectivity index (χ2v) is 7.15. The molecule has 0 spiro atoms. The van der Waals surface area contributed by atoms with Gasteiger partial charge in [0.15, 0.2) is 0 Å². The first-order chi connectivity index (χ1) is 7.72. The molecule has 2 rings (SSSR count). The van der Waals surface area contributed by atoms with Gasteiger partial charge in [-0.25, -0.2) is 0 Å². The van der Waals surface area contributed by atoms with Gasteiger partial charge in [-0.05, 0) is 6.42 Å². The van der Waals surface area contributed by atoms with Gasteiger partial charge >= 0.3 is 0 Å². The summed E-state index contributed by atoms with van der Waals surface area (Å²) in [7, 11) is 0. The van der Waals surface area contributed by atoms with Crippen LogP contribution in [0.5, 0.6) is 0 Å². The molecule has 17 heavy (non-hydrogen) atoms. The first-order valence-corrected chi connectivity index (χ1v) is 6.61. The second kappa shape index (κ2) is 3.85. The Hall–Kier alpha value is -0.300. The van der Waals surface area contributed by atoms with E-state index in [0.717, 1.165) is 6.42 Å². The van der Waals surface area contributed by atoms with Crippen molar-refractivity contribution in [2.75, 3.05) is 0 Å². The van der Waals surface area contributed by atoms with E-state index >= 15 is 0 Å². The minimum absolute atomic E-state index is 0.0249. The maximum atomic E-state index is 8.98. The zero-order chi connectivity index (χ0) is 13.0. The number of halogens is 1. The lowest BCUT2D eigenvalue weighted by molar-refractivity contribution is -0.238. The van der Waals surface area contributed by atoms with Gasteiger partial charge in [-0.15, -0.1) is 11.6 Å². The van der Waals surface area contributed by atoms with Crippen molar-refractivity contribution in [1.82, 2.24) is 0 Å². The Morgan fingerprint density at radius 1 is 1.29 bits per heavy atom. The molecule has 0 bridgehead atoms. The standard InChI is InChI=1S/C13H21ClN2O/c1-12(2)10(16)13(3,4)11(12)17-9-7(6-15)5-8(9)14/h7-11H,5,16H2,1-4H3/t7?,8?,9-,10?,11?/m0/s1. The Bertz CT molecular complexity index is 345. The van der Waals surface area contributed by atoms with Gasteiger partial charge in [-0.2, -0.15) is 5.26 Å². The number of rotatable bonds is 2. The van der Waals surface area contributed by atoms with Crippen molar-refractivity contribution in [1.29, 1.82) is 5.26 Å². The lowest BCUT2D eigenvalue weighted by atomic mass is 9.49. The largest absolute Gasteiger partial charge is 0.371 e. The predicted octanol–water partition coefficient (Wildman–Crippen LogP) is 2.28. The Morgan fingerprint density at radius 3 is 2.24 bits per heavy atom. The summed E-state index contributed by atoms with van der Waals surface area (Å²) in [6.45, 7) is 8.49. The number of nitriles is 1. The van der Waals surface area contributed by atoms with Gasteiger partial charge in [0, 0.05) is 16.9 Å². The summed E-state index contributed by atoms with van der Waals surface area (Å²) < 4.78 is 6.10. The van der Waals surface area contributed by atoms with Crippen LogP contribution in [0.25, 0.3) is 0 Å². The van der Waals surface area contributed by atoms with Crippen LogP contribution < -0.4 is 5.73 Å². The minimum Gasteiger partial charge on any atom is -0.371 e. The molecule has 0 radical (unpaired) electrons. The van der Waals surface area contributed by atoms with Crippen molar-refractivity contribution >= 4 is 11.6 Å². The highest BCUT2D eigenvalue weighted by atomic mass is 35.5. The fraction of sp³-hybridized carbons (Fsp3) is 0.923. The molecule has 0 amide bonds. The zero-order valence-corrected chi connectivity index (χ0v) is 11.7. The summed E-state index contributed by atoms with van der Waals surface area (Å²) in [4.78, 5) is 0. The van der Waals surface area contributed by atoms with Crippen molar-refractivity contribution in [2.45, 2.75) is 57.7 Å². The molecule has 0 heterocycles. The summed E-state index contributed by atoms with van der Waals surface area (Å²) in [6.07, 6.45) is 0.688. The molecule has 0 saturated heterocycles. The first kappa shape index (κ1) is 13.1. The van der Waals surface area contributed by atoms with Crippen molar-refractivity contribution in [3.63, 3.8) is 0 Å². The van der Waals surface area contributed by atoms with E-state index < -0.39 is 0 Å². The molecular formula is C13H21ClN2O. The van der Waals surface area contributed by atoms with E-state index in [9.17, 15) is 0 Å². The summed E-state index contributed by atoms with van der Waals surface area (Å²) in [5, 5.41) is 8.95. The predicted molar refractivity (Wildman–Crippen MR) is 67.6 cm³/mol. The van der Waals surface area contributed by atoms with Crippen LogP contribution in [0.2, 0.25) is 0 Å². The molecule has 3 atom stereocenters. The summed E-state index contributed by atoms with van der Waals surface area (Å²) in [5.41, 5.74) is 6.09. The third-order valence-electron chi connectivity index (χ3n) is 4.65. The van der Waals surface area contributed by atoms with Crippen LogP contribution >= 0.6 is 11.6 Å². The quantitative estimate of drug-likeness (QED) is 0.771. The Balaban J connectivity index is 2.07. The number of hydrogen-bond donors (Lipinski definition) is 1. The van der Waals surface area contributed by atoms with Crippen LogP contribution in [0.1, 0.15) is 34.1 Å². The maximum Gasteiger partial charge on any atom is 0.0901 e. The van der Waals surface area contributed by atoms with Crippen molar-refractivity contribution in [2.24, 2.45) is 22.5 Å². The van der Waals surface area contributed by atoms with Crippen LogP contribution in [-0.2, 0) is 4.74 Å². The van der Waals surface area contributed by atoms with E-state index in [2.05, 4.69) is 33.8 Å². The van der Waals surface area contributed by atoms with E-state index in [-0.39, 0.29) is 40.4 Å². The van der Waals surface area contributed by atoms with Gasteiger partial charge in [0.25, 0.3) is 0 Å². The number of hydrogen-bond acceptors (Lipinski definition) is 3. The van der Waals surface area contributed by atoms with Crippen molar-refractivity contribution in [3.8, 4) is 6.07 Å². The van der Waals surface area contributed by atoms with Crippen LogP contribution in [0.4, 0.5) is 0 Å². The lowest BCUT2D eigenvalue weighted by Crippen LogP contribution is -2.73. The maximum absolute atomic E-state index is 8.98. The van der Waals surface area contributed by atoms with Crippen LogP contribution in [0.15, 0.2) is 0 Å². The molecule has 0 aromatic carbocycles. The molecule has 0 aliphatic heterocycles. The zero-order valence-electron chi connectivity index (χ0n) is 10.9. The topological polar surface area (TPSA) is 59.0 Å². The smallest absolute Gasteiger partial charge is 0.0901 e. The minimum atomic E-state index is -0.127. The normalized spacial score (nSPS) is 46.5. The van der Waals surface area contributed by atoms with E-state index in [0.29, 0.717) is 0 Å². The average Bonchev–Trinajstić information content (AvgIpc) is 2.24. The molecule has 0 aromatic heterocycles. The van der Waals surface area contributed by atoms with E-state index in [1.807, 2.05) is 0 Å². The van der Waals surface area contributed by atoms with Gasteiger partial charge in [0.05, 0.1) is 29.6 Å². The van der Waals surface area contributed by atoms with Crippen LogP contribution in [0, 0.1) is 28.1 Å². The average molecular weight is 257 g/mol. The fourth-order valence-electron chi connectivity index (χ4n) is 3.53.